The van der Waals surface area contributed by atoms with E-state index in [1.54, 1.807) is 6.07 Å². The molecular weight excluding hydrogens is 552 g/mol. The number of pyridine rings is 1. The molecule has 0 aliphatic carbocycles. The summed E-state index contributed by atoms with van der Waals surface area (Å²) >= 11 is 6.00. The Balaban J connectivity index is 1.71. The molecule has 0 radical (unpaired) electrons. The number of halogens is 3. The van der Waals surface area contributed by atoms with Gasteiger partial charge < -0.3 is 20.3 Å². The number of carbonyl (C=O) groups excluding carboxylic acids is 3. The lowest BCUT2D eigenvalue weighted by atomic mass is 10.2. The maximum atomic E-state index is 13.8. The van der Waals surface area contributed by atoms with Crippen LogP contribution in [0, 0.1) is 11.6 Å². The first kappa shape index (κ1) is 30.6. The lowest BCUT2D eigenvalue weighted by molar-refractivity contribution is -0.138. The first-order valence-corrected chi connectivity index (χ1v) is 12.5. The molecule has 2 atom stereocenters. The number of hydrazine groups is 1. The zero-order chi connectivity index (χ0) is 29.2. The topological polar surface area (TPSA) is 153 Å². The molecule has 11 nitrogen and oxygen atoms in total. The molecule has 1 heterocycles. The Kier molecular flexibility index (Phi) is 11.1. The van der Waals surface area contributed by atoms with Crippen molar-refractivity contribution in [2.24, 2.45) is 0 Å². The van der Waals surface area contributed by atoms with Gasteiger partial charge in [-0.2, -0.15) is 0 Å². The summed E-state index contributed by atoms with van der Waals surface area (Å²) in [6.45, 7) is -0.171. The van der Waals surface area contributed by atoms with Crippen molar-refractivity contribution in [3.05, 3.63) is 70.9 Å². The fourth-order valence-corrected chi connectivity index (χ4v) is 3.85. The summed E-state index contributed by atoms with van der Waals surface area (Å²) in [5.74, 6) is -2.20. The highest BCUT2D eigenvalue weighted by atomic mass is 35.5. The Morgan fingerprint density at radius 3 is 2.65 bits per heavy atom. The molecule has 0 saturated carbocycles. The van der Waals surface area contributed by atoms with Gasteiger partial charge in [0.05, 0.1) is 30.2 Å². The van der Waals surface area contributed by atoms with Crippen molar-refractivity contribution in [2.75, 3.05) is 25.1 Å². The highest BCUT2D eigenvalue weighted by Crippen LogP contribution is 2.20. The zero-order valence-electron chi connectivity index (χ0n) is 21.4. The van der Waals surface area contributed by atoms with Gasteiger partial charge >= 0.3 is 6.09 Å². The highest BCUT2D eigenvalue weighted by Gasteiger charge is 2.26. The quantitative estimate of drug-likeness (QED) is 0.205. The van der Waals surface area contributed by atoms with Crippen LogP contribution >= 0.6 is 11.6 Å². The zero-order valence-corrected chi connectivity index (χ0v) is 22.1. The Hall–Kier alpha value is -3.91. The summed E-state index contributed by atoms with van der Waals surface area (Å²) in [4.78, 5) is 41.6. The Morgan fingerprint density at radius 1 is 1.15 bits per heavy atom. The van der Waals surface area contributed by atoms with Gasteiger partial charge in [-0.15, -0.1) is 0 Å². The molecule has 14 heteroatoms. The molecule has 2 aromatic carbocycles. The summed E-state index contributed by atoms with van der Waals surface area (Å²) in [6.07, 6.45) is -1.08. The maximum absolute atomic E-state index is 13.8. The summed E-state index contributed by atoms with van der Waals surface area (Å²) in [5, 5.41) is 25.3. The summed E-state index contributed by atoms with van der Waals surface area (Å²) in [5.41, 5.74) is 3.12. The lowest BCUT2D eigenvalue weighted by Crippen LogP contribution is -2.52. The van der Waals surface area contributed by atoms with Crippen LogP contribution in [0.15, 0.2) is 48.7 Å². The number of aliphatic hydroxyl groups excluding tert-OH is 2. The normalized spacial score (nSPS) is 12.4. The van der Waals surface area contributed by atoms with Gasteiger partial charge in [-0.3, -0.25) is 19.9 Å². The number of rotatable bonds is 12. The molecular formula is C26H28ClF2N5O6. The predicted molar refractivity (Wildman–Crippen MR) is 142 cm³/mol. The number of nitrogens with zero attached hydrogens (tertiary/aromatic N) is 2. The van der Waals surface area contributed by atoms with E-state index in [0.717, 1.165) is 5.01 Å². The van der Waals surface area contributed by atoms with Crippen LogP contribution in [-0.4, -0.2) is 70.0 Å². The third-order valence-corrected chi connectivity index (χ3v) is 6.09. The van der Waals surface area contributed by atoms with Crippen molar-refractivity contribution in [1.29, 1.82) is 0 Å². The van der Waals surface area contributed by atoms with E-state index in [4.69, 9.17) is 21.4 Å². The minimum atomic E-state index is -1.19. The standard InChI is InChI=1S/C26H28ClF2N5O6/c1-15(36)34(32-11-17-3-2-4-22(29)25(17)27)20(9-24(38)31-12-21(37)13-35)14-40-26(39)33-23-8-18-7-19(28)6-5-16(18)10-30-23/h2-8,10,20-21,32,35,37H,9,11-14H2,1H3,(H,31,38)(H,30,33,39). The van der Waals surface area contributed by atoms with Gasteiger partial charge in [0.25, 0.3) is 0 Å². The Bertz CT molecular complexity index is 1360. The molecule has 0 fully saturated rings. The van der Waals surface area contributed by atoms with Crippen molar-refractivity contribution in [3.63, 3.8) is 0 Å². The summed E-state index contributed by atoms with van der Waals surface area (Å²) in [6, 6.07) is 8.65. The van der Waals surface area contributed by atoms with Crippen LogP contribution in [0.3, 0.4) is 0 Å². The fourth-order valence-electron chi connectivity index (χ4n) is 3.65. The Morgan fingerprint density at radius 2 is 1.93 bits per heavy atom. The number of amides is 3. The number of benzene rings is 2. The van der Waals surface area contributed by atoms with Crippen LogP contribution in [0.1, 0.15) is 18.9 Å². The van der Waals surface area contributed by atoms with Crippen LogP contribution in [0.2, 0.25) is 5.02 Å². The smallest absolute Gasteiger partial charge is 0.412 e. The van der Waals surface area contributed by atoms with Crippen LogP contribution < -0.4 is 16.1 Å². The van der Waals surface area contributed by atoms with Gasteiger partial charge in [0.15, 0.2) is 0 Å². The van der Waals surface area contributed by atoms with E-state index in [1.807, 2.05) is 0 Å². The number of ether oxygens (including phenoxy) is 1. The summed E-state index contributed by atoms with van der Waals surface area (Å²) < 4.78 is 32.7. The molecule has 5 N–H and O–H groups in total. The van der Waals surface area contributed by atoms with Gasteiger partial charge in [-0.25, -0.2) is 24.0 Å². The average molecular weight is 580 g/mol. The fraction of sp³-hybridized carbons (Fsp3) is 0.308. The number of anilines is 1. The molecule has 214 valence electrons. The first-order valence-electron chi connectivity index (χ1n) is 12.1. The largest absolute Gasteiger partial charge is 0.447 e. The van der Waals surface area contributed by atoms with Gasteiger partial charge in [0, 0.05) is 31.6 Å². The van der Waals surface area contributed by atoms with E-state index >= 15 is 0 Å². The maximum Gasteiger partial charge on any atom is 0.412 e. The monoisotopic (exact) mass is 579 g/mol. The number of fused-ring (bicyclic) bond motifs is 1. The van der Waals surface area contributed by atoms with Gasteiger partial charge in [-0.05, 0) is 41.3 Å². The van der Waals surface area contributed by atoms with Crippen LogP contribution in [0.5, 0.6) is 0 Å². The van der Waals surface area contributed by atoms with Crippen LogP contribution in [0.4, 0.5) is 19.4 Å². The number of hydrogen-bond donors (Lipinski definition) is 5. The molecule has 3 rings (SSSR count). The molecule has 40 heavy (non-hydrogen) atoms. The third kappa shape index (κ3) is 8.81. The van der Waals surface area contributed by atoms with E-state index in [1.165, 1.54) is 49.5 Å². The molecule has 0 aliphatic heterocycles. The second-order valence-corrected chi connectivity index (χ2v) is 9.10. The average Bonchev–Trinajstić information content (AvgIpc) is 2.92. The van der Waals surface area contributed by atoms with Crippen molar-refractivity contribution in [2.45, 2.75) is 32.0 Å². The first-order chi connectivity index (χ1) is 19.1. The number of nitrogens with one attached hydrogen (secondary N) is 3. The molecule has 3 amide bonds. The van der Waals surface area contributed by atoms with Crippen molar-refractivity contribution < 1.29 is 38.1 Å². The second-order valence-electron chi connectivity index (χ2n) is 8.72. The summed E-state index contributed by atoms with van der Waals surface area (Å²) in [7, 11) is 0. The third-order valence-electron chi connectivity index (χ3n) is 5.66. The van der Waals surface area contributed by atoms with E-state index < -0.39 is 54.9 Å². The molecule has 1 aromatic heterocycles. The number of aromatic nitrogens is 1. The van der Waals surface area contributed by atoms with Crippen LogP contribution in [-0.2, 0) is 20.9 Å². The minimum Gasteiger partial charge on any atom is -0.447 e. The van der Waals surface area contributed by atoms with Gasteiger partial charge in [0.1, 0.15) is 24.1 Å². The van der Waals surface area contributed by atoms with Crippen molar-refractivity contribution in [1.82, 2.24) is 20.7 Å². The van der Waals surface area contributed by atoms with E-state index in [2.05, 4.69) is 21.0 Å². The van der Waals surface area contributed by atoms with Crippen molar-refractivity contribution >= 4 is 46.1 Å². The molecule has 0 saturated heterocycles. The number of carbonyl (C=O) groups is 3. The molecule has 0 spiro atoms. The van der Waals surface area contributed by atoms with Gasteiger partial charge in [-0.1, -0.05) is 23.7 Å². The number of hydrogen-bond acceptors (Lipinski definition) is 8. The molecule has 3 aromatic rings. The molecule has 0 aliphatic rings. The molecule has 2 unspecified atom stereocenters. The molecule has 0 bridgehead atoms. The number of aliphatic hydroxyl groups is 2. The second kappa shape index (κ2) is 14.5. The van der Waals surface area contributed by atoms with E-state index in [0.29, 0.717) is 16.3 Å². The highest BCUT2D eigenvalue weighted by molar-refractivity contribution is 6.31. The van der Waals surface area contributed by atoms with Gasteiger partial charge in [0.2, 0.25) is 11.8 Å². The lowest BCUT2D eigenvalue weighted by Gasteiger charge is -2.31. The SMILES string of the molecule is CC(=O)N(NCc1cccc(F)c1Cl)C(COC(=O)Nc1cc2cc(F)ccc2cn1)CC(=O)NCC(O)CO. The minimum absolute atomic E-state index is 0.0812. The van der Waals surface area contributed by atoms with Crippen molar-refractivity contribution in [3.8, 4) is 0 Å². The van der Waals surface area contributed by atoms with E-state index in [-0.39, 0.29) is 30.4 Å². The predicted octanol–water partition coefficient (Wildman–Crippen LogP) is 2.50. The van der Waals surface area contributed by atoms with E-state index in [9.17, 15) is 28.3 Å². The Labute approximate surface area is 233 Å². The van der Waals surface area contributed by atoms with Crippen LogP contribution in [0.25, 0.3) is 10.8 Å².